The van der Waals surface area contributed by atoms with E-state index in [4.69, 9.17) is 4.74 Å². The summed E-state index contributed by atoms with van der Waals surface area (Å²) >= 11 is 0. The standard InChI is InChI=1S/C24H39N3O4/c1-23(2,3)31-22(30)25-6-5-20(28)26-7-4-8-27(10-9-26)21(29)24-14-17-11-18(15-24)13-19(12-17)16-24/h17-19H,4-16H2,1-3H3,(H,25,30). The molecule has 31 heavy (non-hydrogen) atoms. The van der Waals surface area contributed by atoms with Gasteiger partial charge in [0.15, 0.2) is 0 Å². The molecule has 3 amide bonds. The second-order valence-electron chi connectivity index (χ2n) is 11.4. The third-order valence-electron chi connectivity index (χ3n) is 7.63. The second kappa shape index (κ2) is 8.62. The van der Waals surface area contributed by atoms with Crippen molar-refractivity contribution in [1.82, 2.24) is 15.1 Å². The minimum Gasteiger partial charge on any atom is -0.444 e. The average Bonchev–Trinajstić information content (AvgIpc) is 2.91. The summed E-state index contributed by atoms with van der Waals surface area (Å²) in [6.45, 7) is 8.34. The van der Waals surface area contributed by atoms with Crippen molar-refractivity contribution in [3.05, 3.63) is 0 Å². The fraction of sp³-hybridized carbons (Fsp3) is 0.875. The van der Waals surface area contributed by atoms with Crippen molar-refractivity contribution in [2.45, 2.75) is 77.7 Å². The van der Waals surface area contributed by atoms with E-state index in [-0.39, 0.29) is 24.3 Å². The molecule has 7 nitrogen and oxygen atoms in total. The van der Waals surface area contributed by atoms with E-state index >= 15 is 0 Å². The van der Waals surface area contributed by atoms with Gasteiger partial charge in [-0.15, -0.1) is 0 Å². The van der Waals surface area contributed by atoms with Crippen LogP contribution < -0.4 is 5.32 Å². The number of ether oxygens (including phenoxy) is 1. The summed E-state index contributed by atoms with van der Waals surface area (Å²) in [7, 11) is 0. The molecule has 1 N–H and O–H groups in total. The fourth-order valence-electron chi connectivity index (χ4n) is 6.82. The lowest BCUT2D eigenvalue weighted by Gasteiger charge is -2.56. The van der Waals surface area contributed by atoms with Crippen molar-refractivity contribution in [3.8, 4) is 0 Å². The molecule has 0 aromatic carbocycles. The van der Waals surface area contributed by atoms with Crippen molar-refractivity contribution in [1.29, 1.82) is 0 Å². The molecule has 1 aliphatic heterocycles. The summed E-state index contributed by atoms with van der Waals surface area (Å²) in [4.78, 5) is 41.9. The smallest absolute Gasteiger partial charge is 0.407 e. The van der Waals surface area contributed by atoms with E-state index in [9.17, 15) is 14.4 Å². The van der Waals surface area contributed by atoms with Crippen LogP contribution in [-0.4, -0.2) is 66.0 Å². The predicted molar refractivity (Wildman–Crippen MR) is 117 cm³/mol. The number of hydrogen-bond donors (Lipinski definition) is 1. The van der Waals surface area contributed by atoms with Crippen molar-refractivity contribution in [3.63, 3.8) is 0 Å². The third kappa shape index (κ3) is 5.17. The van der Waals surface area contributed by atoms with Gasteiger partial charge < -0.3 is 19.9 Å². The molecule has 4 saturated carbocycles. The highest BCUT2D eigenvalue weighted by Crippen LogP contribution is 2.60. The van der Waals surface area contributed by atoms with Crippen LogP contribution in [0.3, 0.4) is 0 Å². The highest BCUT2D eigenvalue weighted by Gasteiger charge is 2.55. The summed E-state index contributed by atoms with van der Waals surface area (Å²) in [6, 6.07) is 0. The van der Waals surface area contributed by atoms with Crippen molar-refractivity contribution in [2.75, 3.05) is 32.7 Å². The van der Waals surface area contributed by atoms with Gasteiger partial charge in [-0.1, -0.05) is 0 Å². The normalized spacial score (nSPS) is 32.5. The first kappa shape index (κ1) is 22.4. The molecule has 7 heteroatoms. The maximum absolute atomic E-state index is 13.6. The lowest BCUT2D eigenvalue weighted by Crippen LogP contribution is -2.55. The van der Waals surface area contributed by atoms with Crippen molar-refractivity contribution >= 4 is 17.9 Å². The Bertz CT molecular complexity index is 679. The molecule has 0 aromatic heterocycles. The number of carbonyl (C=O) groups is 3. The Morgan fingerprint density at radius 1 is 0.903 bits per heavy atom. The van der Waals surface area contributed by atoms with E-state index in [1.54, 1.807) is 0 Å². The summed E-state index contributed by atoms with van der Waals surface area (Å²) < 4.78 is 5.21. The maximum atomic E-state index is 13.6. The minimum absolute atomic E-state index is 0.0279. The van der Waals surface area contributed by atoms with Gasteiger partial charge in [-0.3, -0.25) is 9.59 Å². The van der Waals surface area contributed by atoms with E-state index in [0.717, 1.165) is 50.0 Å². The van der Waals surface area contributed by atoms with Crippen molar-refractivity contribution in [2.24, 2.45) is 23.2 Å². The molecule has 5 rings (SSSR count). The molecular formula is C24H39N3O4. The van der Waals surface area contributed by atoms with Gasteiger partial charge in [0.25, 0.3) is 0 Å². The molecule has 174 valence electrons. The summed E-state index contributed by atoms with van der Waals surface area (Å²) in [6.07, 6.45) is 7.87. The predicted octanol–water partition coefficient (Wildman–Crippen LogP) is 3.18. The minimum atomic E-state index is -0.550. The largest absolute Gasteiger partial charge is 0.444 e. The molecule has 0 spiro atoms. The molecular weight excluding hydrogens is 394 g/mol. The average molecular weight is 434 g/mol. The van der Waals surface area contributed by atoms with Crippen LogP contribution >= 0.6 is 0 Å². The van der Waals surface area contributed by atoms with Crippen molar-refractivity contribution < 1.29 is 19.1 Å². The molecule has 5 aliphatic rings. The Hall–Kier alpha value is -1.79. The van der Waals surface area contributed by atoms with Crippen LogP contribution in [-0.2, 0) is 14.3 Å². The number of amides is 3. The molecule has 0 unspecified atom stereocenters. The zero-order chi connectivity index (χ0) is 22.2. The highest BCUT2D eigenvalue weighted by atomic mass is 16.6. The first-order chi connectivity index (χ1) is 14.6. The fourth-order valence-corrected chi connectivity index (χ4v) is 6.82. The molecule has 4 aliphatic carbocycles. The Labute approximate surface area is 186 Å². The SMILES string of the molecule is CC(C)(C)OC(=O)NCCC(=O)N1CCCN(C(=O)C23CC4CC(CC(C4)C2)C3)CC1. The Morgan fingerprint density at radius 3 is 2.03 bits per heavy atom. The lowest BCUT2D eigenvalue weighted by atomic mass is 9.49. The van der Waals surface area contributed by atoms with Crippen LogP contribution in [0.1, 0.15) is 72.1 Å². The summed E-state index contributed by atoms with van der Waals surface area (Å²) in [5.74, 6) is 2.68. The van der Waals surface area contributed by atoms with Gasteiger partial charge in [0.2, 0.25) is 11.8 Å². The van der Waals surface area contributed by atoms with Gasteiger partial charge in [0.05, 0.1) is 5.41 Å². The number of hydrogen-bond acceptors (Lipinski definition) is 4. The molecule has 0 atom stereocenters. The molecule has 1 heterocycles. The number of carbonyl (C=O) groups excluding carboxylic acids is 3. The van der Waals surface area contributed by atoms with Gasteiger partial charge in [-0.05, 0) is 83.5 Å². The maximum Gasteiger partial charge on any atom is 0.407 e. The van der Waals surface area contributed by atoms with Crippen LogP contribution in [0.4, 0.5) is 4.79 Å². The monoisotopic (exact) mass is 433 g/mol. The van der Waals surface area contributed by atoms with E-state index in [1.807, 2.05) is 25.7 Å². The third-order valence-corrected chi connectivity index (χ3v) is 7.63. The first-order valence-electron chi connectivity index (χ1n) is 12.2. The Morgan fingerprint density at radius 2 is 1.45 bits per heavy atom. The first-order valence-corrected chi connectivity index (χ1v) is 12.2. The van der Waals surface area contributed by atoms with Crippen LogP contribution in [0.25, 0.3) is 0 Å². The van der Waals surface area contributed by atoms with Crippen LogP contribution in [0, 0.1) is 23.2 Å². The second-order valence-corrected chi connectivity index (χ2v) is 11.4. The van der Waals surface area contributed by atoms with Crippen LogP contribution in [0.15, 0.2) is 0 Å². The molecule has 1 saturated heterocycles. The van der Waals surface area contributed by atoms with Gasteiger partial charge in [0.1, 0.15) is 5.60 Å². The van der Waals surface area contributed by atoms with E-state index in [1.165, 1.54) is 19.3 Å². The van der Waals surface area contributed by atoms with Gasteiger partial charge in [-0.25, -0.2) is 4.79 Å². The number of rotatable bonds is 4. The van der Waals surface area contributed by atoms with Crippen LogP contribution in [0.2, 0.25) is 0 Å². The quantitative estimate of drug-likeness (QED) is 0.739. The Balaban J connectivity index is 1.25. The van der Waals surface area contributed by atoms with E-state index < -0.39 is 11.7 Å². The highest BCUT2D eigenvalue weighted by molar-refractivity contribution is 5.83. The number of nitrogens with zero attached hydrogens (tertiary/aromatic N) is 2. The van der Waals surface area contributed by atoms with Crippen LogP contribution in [0.5, 0.6) is 0 Å². The van der Waals surface area contributed by atoms with E-state index in [2.05, 4.69) is 10.2 Å². The van der Waals surface area contributed by atoms with E-state index in [0.29, 0.717) is 25.5 Å². The lowest BCUT2D eigenvalue weighted by molar-refractivity contribution is -0.157. The zero-order valence-electron chi connectivity index (χ0n) is 19.5. The number of alkyl carbamates (subject to hydrolysis) is 1. The van der Waals surface area contributed by atoms with Gasteiger partial charge in [-0.2, -0.15) is 0 Å². The molecule has 5 fully saturated rings. The summed E-state index contributed by atoms with van der Waals surface area (Å²) in [5.41, 5.74) is -0.656. The number of nitrogens with one attached hydrogen (secondary N) is 1. The molecule has 4 bridgehead atoms. The topological polar surface area (TPSA) is 79.0 Å². The molecule has 0 radical (unpaired) electrons. The van der Waals surface area contributed by atoms with Gasteiger partial charge >= 0.3 is 6.09 Å². The Kier molecular flexibility index (Phi) is 6.23. The van der Waals surface area contributed by atoms with Gasteiger partial charge in [0, 0.05) is 39.1 Å². The molecule has 0 aromatic rings. The summed E-state index contributed by atoms with van der Waals surface area (Å²) in [5, 5.41) is 2.65. The zero-order valence-corrected chi connectivity index (χ0v) is 19.5.